The Morgan fingerprint density at radius 1 is 1.00 bits per heavy atom. The lowest BCUT2D eigenvalue weighted by Gasteiger charge is -2.22. The monoisotopic (exact) mass is 516 g/mol. The molecule has 28 heavy (non-hydrogen) atoms. The minimum Gasteiger partial charge on any atom is -0.357 e. The van der Waals surface area contributed by atoms with Gasteiger partial charge in [0.1, 0.15) is 0 Å². The summed E-state index contributed by atoms with van der Waals surface area (Å²) in [5.41, 5.74) is 3.01. The number of benzene rings is 2. The predicted octanol–water partition coefficient (Wildman–Crippen LogP) is 2.95. The van der Waals surface area contributed by atoms with Crippen molar-refractivity contribution < 1.29 is 8.42 Å². The topological polar surface area (TPSA) is 73.8 Å². The minimum absolute atomic E-state index is 0. The quantitative estimate of drug-likeness (QED) is 0.322. The molecule has 0 amide bonds. The van der Waals surface area contributed by atoms with Crippen molar-refractivity contribution in [3.63, 3.8) is 0 Å². The van der Waals surface area contributed by atoms with Gasteiger partial charge in [0.25, 0.3) is 0 Å². The molecule has 2 rings (SSSR count). The lowest BCUT2D eigenvalue weighted by molar-refractivity contribution is 0.477. The van der Waals surface area contributed by atoms with Crippen LogP contribution in [0, 0.1) is 0 Å². The van der Waals surface area contributed by atoms with Gasteiger partial charge >= 0.3 is 0 Å². The normalized spacial score (nSPS) is 11.6. The first kappa shape index (κ1) is 24.4. The molecule has 2 aromatic carbocycles. The van der Waals surface area contributed by atoms with Crippen molar-refractivity contribution in [1.82, 2.24) is 14.9 Å². The molecule has 0 aromatic heterocycles. The van der Waals surface area contributed by atoms with Crippen LogP contribution in [0.5, 0.6) is 0 Å². The van der Waals surface area contributed by atoms with Crippen LogP contribution in [-0.4, -0.2) is 39.9 Å². The number of rotatable bonds is 8. The molecular formula is C20H29IN4O2S. The van der Waals surface area contributed by atoms with E-state index in [1.807, 2.05) is 56.4 Å². The van der Waals surface area contributed by atoms with Crippen molar-refractivity contribution in [2.75, 3.05) is 20.6 Å². The van der Waals surface area contributed by atoms with E-state index in [1.165, 1.54) is 12.6 Å². The summed E-state index contributed by atoms with van der Waals surface area (Å²) < 4.78 is 25.6. The summed E-state index contributed by atoms with van der Waals surface area (Å²) in [6.07, 6.45) is 0. The van der Waals surface area contributed by atoms with E-state index in [1.54, 1.807) is 0 Å². The highest BCUT2D eigenvalue weighted by atomic mass is 127. The predicted molar refractivity (Wildman–Crippen MR) is 126 cm³/mol. The Balaban J connectivity index is 0.00000392. The van der Waals surface area contributed by atoms with E-state index in [-0.39, 0.29) is 29.7 Å². The highest BCUT2D eigenvalue weighted by Crippen LogP contribution is 2.09. The molecule has 2 aromatic rings. The van der Waals surface area contributed by atoms with Crippen LogP contribution in [0.2, 0.25) is 0 Å². The third-order valence-corrected chi connectivity index (χ3v) is 5.40. The largest absolute Gasteiger partial charge is 0.357 e. The van der Waals surface area contributed by atoms with Gasteiger partial charge in [0.05, 0.1) is 12.3 Å². The molecule has 0 spiro atoms. The molecule has 0 fully saturated rings. The Hall–Kier alpha value is -1.65. The first-order valence-electron chi connectivity index (χ1n) is 8.96. The Morgan fingerprint density at radius 3 is 2.18 bits per heavy atom. The van der Waals surface area contributed by atoms with Crippen molar-refractivity contribution in [3.05, 3.63) is 71.3 Å². The Morgan fingerprint density at radius 2 is 1.61 bits per heavy atom. The van der Waals surface area contributed by atoms with Gasteiger partial charge in [0.2, 0.25) is 10.0 Å². The molecule has 0 atom stereocenters. The van der Waals surface area contributed by atoms with Gasteiger partial charge in [0.15, 0.2) is 5.96 Å². The Kier molecular flexibility index (Phi) is 10.5. The first-order chi connectivity index (χ1) is 12.9. The van der Waals surface area contributed by atoms with Gasteiger partial charge in [-0.15, -0.1) is 24.0 Å². The van der Waals surface area contributed by atoms with E-state index in [0.717, 1.165) is 30.2 Å². The number of hydrogen-bond donors (Lipinski definition) is 2. The van der Waals surface area contributed by atoms with Crippen LogP contribution >= 0.6 is 24.0 Å². The van der Waals surface area contributed by atoms with E-state index in [4.69, 9.17) is 4.99 Å². The number of guanidine groups is 1. The maximum atomic E-state index is 11.6. The number of nitrogens with one attached hydrogen (secondary N) is 2. The van der Waals surface area contributed by atoms with Crippen LogP contribution in [0.1, 0.15) is 23.6 Å². The van der Waals surface area contributed by atoms with E-state index < -0.39 is 10.0 Å². The molecule has 0 aliphatic rings. The third kappa shape index (κ3) is 8.15. The molecule has 0 saturated heterocycles. The first-order valence-corrected chi connectivity index (χ1v) is 10.6. The Bertz CT molecular complexity index is 840. The van der Waals surface area contributed by atoms with Crippen molar-refractivity contribution >= 4 is 40.0 Å². The molecular weight excluding hydrogens is 487 g/mol. The molecule has 0 radical (unpaired) electrons. The maximum absolute atomic E-state index is 11.6. The molecule has 8 heteroatoms. The SMILES string of the molecule is CCNC(=NCc1ccc(CS(=O)(=O)NC)cc1)N(C)Cc1ccccc1.I. The number of halogens is 1. The van der Waals surface area contributed by atoms with E-state index in [0.29, 0.717) is 6.54 Å². The number of nitrogens with zero attached hydrogens (tertiary/aromatic N) is 2. The molecule has 0 unspecified atom stereocenters. The highest BCUT2D eigenvalue weighted by Gasteiger charge is 2.09. The zero-order valence-electron chi connectivity index (χ0n) is 16.6. The van der Waals surface area contributed by atoms with Gasteiger partial charge in [-0.05, 0) is 30.7 Å². The smallest absolute Gasteiger partial charge is 0.215 e. The average Bonchev–Trinajstić information content (AvgIpc) is 2.67. The van der Waals surface area contributed by atoms with Crippen LogP contribution in [0.4, 0.5) is 0 Å². The second kappa shape index (κ2) is 12.0. The average molecular weight is 516 g/mol. The maximum Gasteiger partial charge on any atom is 0.215 e. The summed E-state index contributed by atoms with van der Waals surface area (Å²) in [5, 5.41) is 3.31. The minimum atomic E-state index is -3.25. The fourth-order valence-electron chi connectivity index (χ4n) is 2.60. The molecule has 154 valence electrons. The van der Waals surface area contributed by atoms with E-state index in [9.17, 15) is 8.42 Å². The number of hydrogen-bond acceptors (Lipinski definition) is 3. The molecule has 0 aliphatic carbocycles. The van der Waals surface area contributed by atoms with Gasteiger partial charge in [-0.1, -0.05) is 54.6 Å². The summed E-state index contributed by atoms with van der Waals surface area (Å²) in [4.78, 5) is 6.79. The van der Waals surface area contributed by atoms with Gasteiger partial charge in [-0.25, -0.2) is 18.1 Å². The van der Waals surface area contributed by atoms with Crippen molar-refractivity contribution in [1.29, 1.82) is 0 Å². The van der Waals surface area contributed by atoms with Crippen LogP contribution < -0.4 is 10.0 Å². The van der Waals surface area contributed by atoms with Crippen LogP contribution in [0.25, 0.3) is 0 Å². The van der Waals surface area contributed by atoms with E-state index >= 15 is 0 Å². The van der Waals surface area contributed by atoms with Crippen molar-refractivity contribution in [2.45, 2.75) is 25.8 Å². The highest BCUT2D eigenvalue weighted by molar-refractivity contribution is 14.0. The summed E-state index contributed by atoms with van der Waals surface area (Å²) in [7, 11) is 0.184. The molecule has 2 N–H and O–H groups in total. The van der Waals surface area contributed by atoms with Gasteiger partial charge in [-0.3, -0.25) is 0 Å². The standard InChI is InChI=1S/C20H28N4O2S.HI/c1-4-22-20(24(3)15-18-8-6-5-7-9-18)23-14-17-10-12-19(13-11-17)16-27(25,26)21-2;/h5-13,21H,4,14-16H2,1-3H3,(H,22,23);1H. The molecule has 0 aliphatic heterocycles. The summed E-state index contributed by atoms with van der Waals surface area (Å²) in [5.74, 6) is 0.818. The van der Waals surface area contributed by atoms with Gasteiger partial charge in [0, 0.05) is 20.1 Å². The zero-order chi connectivity index (χ0) is 19.7. The zero-order valence-corrected chi connectivity index (χ0v) is 19.7. The van der Waals surface area contributed by atoms with E-state index in [2.05, 4.69) is 27.1 Å². The molecule has 0 bridgehead atoms. The molecule has 6 nitrogen and oxygen atoms in total. The summed E-state index contributed by atoms with van der Waals surface area (Å²) >= 11 is 0. The molecule has 0 saturated carbocycles. The fraction of sp³-hybridized carbons (Fsp3) is 0.350. The van der Waals surface area contributed by atoms with Crippen LogP contribution in [-0.2, 0) is 28.9 Å². The van der Waals surface area contributed by atoms with Crippen LogP contribution in [0.3, 0.4) is 0 Å². The lowest BCUT2D eigenvalue weighted by Crippen LogP contribution is -2.38. The molecule has 0 heterocycles. The number of aliphatic imine (C=N–C) groups is 1. The second-order valence-electron chi connectivity index (χ2n) is 6.29. The van der Waals surface area contributed by atoms with Gasteiger partial charge < -0.3 is 10.2 Å². The lowest BCUT2D eigenvalue weighted by atomic mass is 10.1. The van der Waals surface area contributed by atoms with Crippen LogP contribution in [0.15, 0.2) is 59.6 Å². The number of sulfonamides is 1. The van der Waals surface area contributed by atoms with Crippen molar-refractivity contribution in [3.8, 4) is 0 Å². The summed E-state index contributed by atoms with van der Waals surface area (Å²) in [6.45, 7) is 4.13. The van der Waals surface area contributed by atoms with Gasteiger partial charge in [-0.2, -0.15) is 0 Å². The Labute approximate surface area is 185 Å². The second-order valence-corrected chi connectivity index (χ2v) is 8.22. The fourth-order valence-corrected chi connectivity index (χ4v) is 3.38. The van der Waals surface area contributed by atoms with Crippen molar-refractivity contribution in [2.24, 2.45) is 4.99 Å². The summed E-state index contributed by atoms with van der Waals surface area (Å²) in [6, 6.07) is 17.8. The third-order valence-electron chi connectivity index (χ3n) is 4.06.